The van der Waals surface area contributed by atoms with Crippen molar-refractivity contribution >= 4 is 28.0 Å². The third-order valence-electron chi connectivity index (χ3n) is 5.04. The number of fused-ring (bicyclic) bond motifs is 2. The minimum atomic E-state index is 0.461. The quantitative estimate of drug-likeness (QED) is 0.589. The van der Waals surface area contributed by atoms with E-state index in [1.165, 1.54) is 5.56 Å². The maximum atomic E-state index is 4.80. The van der Waals surface area contributed by atoms with Gasteiger partial charge in [-0.15, -0.1) is 0 Å². The van der Waals surface area contributed by atoms with Gasteiger partial charge < -0.3 is 14.9 Å². The Labute approximate surface area is 144 Å². The van der Waals surface area contributed by atoms with Gasteiger partial charge in [-0.2, -0.15) is 0 Å². The molecule has 3 aromatic heterocycles. The van der Waals surface area contributed by atoms with Crippen LogP contribution in [0.2, 0.25) is 0 Å². The Hall–Kier alpha value is -2.96. The number of rotatable bonds is 2. The van der Waals surface area contributed by atoms with Crippen molar-refractivity contribution < 1.29 is 0 Å². The van der Waals surface area contributed by atoms with E-state index in [9.17, 15) is 0 Å². The molecule has 0 bridgehead atoms. The minimum absolute atomic E-state index is 0.461. The summed E-state index contributed by atoms with van der Waals surface area (Å²) < 4.78 is 0. The molecule has 2 N–H and O–H groups in total. The predicted molar refractivity (Wildman–Crippen MR) is 96.7 cm³/mol. The van der Waals surface area contributed by atoms with Gasteiger partial charge in [0.25, 0.3) is 0 Å². The summed E-state index contributed by atoms with van der Waals surface area (Å²) >= 11 is 0. The highest BCUT2D eigenvalue weighted by Gasteiger charge is 2.25. The zero-order valence-corrected chi connectivity index (χ0v) is 14.0. The lowest BCUT2D eigenvalue weighted by Crippen LogP contribution is -2.34. The number of aromatic nitrogens is 6. The Morgan fingerprint density at radius 1 is 1.12 bits per heavy atom. The maximum Gasteiger partial charge on any atom is 0.182 e. The van der Waals surface area contributed by atoms with Crippen molar-refractivity contribution in [3.05, 3.63) is 42.2 Å². The number of nitrogens with one attached hydrogen (secondary N) is 2. The summed E-state index contributed by atoms with van der Waals surface area (Å²) in [6.45, 7) is 4.01. The van der Waals surface area contributed by atoms with Gasteiger partial charge in [-0.3, -0.25) is 0 Å². The Kier molecular flexibility index (Phi) is 3.19. The third-order valence-corrected chi connectivity index (χ3v) is 5.04. The van der Waals surface area contributed by atoms with Crippen molar-refractivity contribution in [1.29, 1.82) is 0 Å². The molecule has 4 heterocycles. The smallest absolute Gasteiger partial charge is 0.182 e. The molecular weight excluding hydrogens is 314 g/mol. The summed E-state index contributed by atoms with van der Waals surface area (Å²) in [6.07, 6.45) is 5.37. The summed E-state index contributed by atoms with van der Waals surface area (Å²) in [5, 5.41) is 0. The van der Waals surface area contributed by atoms with Crippen molar-refractivity contribution in [2.75, 3.05) is 18.0 Å². The van der Waals surface area contributed by atoms with Gasteiger partial charge in [-0.1, -0.05) is 6.07 Å². The molecule has 0 spiro atoms. The first kappa shape index (κ1) is 14.4. The van der Waals surface area contributed by atoms with Crippen LogP contribution in [0.3, 0.4) is 0 Å². The van der Waals surface area contributed by atoms with Crippen LogP contribution in [0.25, 0.3) is 22.2 Å². The highest BCUT2D eigenvalue weighted by atomic mass is 15.2. The summed E-state index contributed by atoms with van der Waals surface area (Å²) in [5.41, 5.74) is 5.08. The van der Waals surface area contributed by atoms with Crippen molar-refractivity contribution in [2.24, 2.45) is 0 Å². The van der Waals surface area contributed by atoms with Crippen molar-refractivity contribution in [1.82, 2.24) is 29.9 Å². The third kappa shape index (κ3) is 2.43. The van der Waals surface area contributed by atoms with E-state index in [2.05, 4.69) is 54.9 Å². The van der Waals surface area contributed by atoms with Crippen molar-refractivity contribution in [3.8, 4) is 0 Å². The molecule has 1 saturated heterocycles. The fourth-order valence-corrected chi connectivity index (χ4v) is 3.69. The highest BCUT2D eigenvalue weighted by molar-refractivity contribution is 5.82. The average molecular weight is 333 g/mol. The zero-order valence-electron chi connectivity index (χ0n) is 14.0. The molecule has 0 aliphatic carbocycles. The van der Waals surface area contributed by atoms with E-state index >= 15 is 0 Å². The van der Waals surface area contributed by atoms with E-state index in [1.54, 1.807) is 12.7 Å². The normalized spacial score (nSPS) is 16.1. The van der Waals surface area contributed by atoms with E-state index in [0.717, 1.165) is 59.8 Å². The molecule has 7 heteroatoms. The Bertz CT molecular complexity index is 1040. The Morgan fingerprint density at radius 3 is 2.88 bits per heavy atom. The number of piperidine rings is 1. The number of H-pyrrole nitrogens is 2. The molecule has 126 valence electrons. The molecule has 0 radical (unpaired) electrons. The number of imidazole rings is 2. The van der Waals surface area contributed by atoms with Crippen molar-refractivity contribution in [3.63, 3.8) is 0 Å². The van der Waals surface area contributed by atoms with E-state index in [1.807, 2.05) is 0 Å². The molecule has 0 atom stereocenters. The molecule has 0 amide bonds. The number of nitrogens with zero attached hydrogens (tertiary/aromatic N) is 5. The number of aromatic amines is 2. The van der Waals surface area contributed by atoms with Crippen LogP contribution < -0.4 is 4.90 Å². The van der Waals surface area contributed by atoms with Crippen LogP contribution in [0, 0.1) is 6.92 Å². The first-order chi connectivity index (χ1) is 12.3. The lowest BCUT2D eigenvalue weighted by Gasteiger charge is -2.31. The van der Waals surface area contributed by atoms with Gasteiger partial charge in [0.2, 0.25) is 0 Å². The van der Waals surface area contributed by atoms with Gasteiger partial charge in [0.05, 0.1) is 17.4 Å². The van der Waals surface area contributed by atoms with E-state index in [4.69, 9.17) is 4.98 Å². The molecular formula is C18H19N7. The van der Waals surface area contributed by atoms with Gasteiger partial charge in [0.15, 0.2) is 11.5 Å². The molecule has 7 nitrogen and oxygen atoms in total. The molecule has 4 aromatic rings. The fraction of sp³-hybridized carbons (Fsp3) is 0.333. The number of hydrogen-bond donors (Lipinski definition) is 2. The first-order valence-electron chi connectivity index (χ1n) is 8.63. The number of benzene rings is 1. The summed E-state index contributed by atoms with van der Waals surface area (Å²) in [7, 11) is 0. The van der Waals surface area contributed by atoms with Crippen LogP contribution in [0.15, 0.2) is 30.9 Å². The lowest BCUT2D eigenvalue weighted by atomic mass is 9.96. The monoisotopic (exact) mass is 333 g/mol. The SMILES string of the molecule is Cc1ccc2nc(C3CCN(c4ncnc5nc[nH]c45)CC3)[nH]c2c1. The van der Waals surface area contributed by atoms with Gasteiger partial charge in [0.1, 0.15) is 17.7 Å². The highest BCUT2D eigenvalue weighted by Crippen LogP contribution is 2.31. The minimum Gasteiger partial charge on any atom is -0.355 e. The topological polar surface area (TPSA) is 86.4 Å². The van der Waals surface area contributed by atoms with Crippen LogP contribution in [0.4, 0.5) is 5.82 Å². The van der Waals surface area contributed by atoms with Crippen LogP contribution in [-0.2, 0) is 0 Å². The maximum absolute atomic E-state index is 4.80. The van der Waals surface area contributed by atoms with Gasteiger partial charge in [0, 0.05) is 19.0 Å². The number of aryl methyl sites for hydroxylation is 1. The molecule has 1 aliphatic heterocycles. The molecule has 1 fully saturated rings. The molecule has 0 saturated carbocycles. The Balaban J connectivity index is 1.37. The van der Waals surface area contributed by atoms with Gasteiger partial charge >= 0.3 is 0 Å². The van der Waals surface area contributed by atoms with E-state index in [-0.39, 0.29) is 0 Å². The molecule has 25 heavy (non-hydrogen) atoms. The number of hydrogen-bond acceptors (Lipinski definition) is 5. The van der Waals surface area contributed by atoms with Crippen LogP contribution in [0.5, 0.6) is 0 Å². The first-order valence-corrected chi connectivity index (χ1v) is 8.63. The zero-order chi connectivity index (χ0) is 16.8. The second-order valence-electron chi connectivity index (χ2n) is 6.70. The second kappa shape index (κ2) is 5.54. The summed E-state index contributed by atoms with van der Waals surface area (Å²) in [4.78, 5) is 26.7. The summed E-state index contributed by atoms with van der Waals surface area (Å²) in [5.74, 6) is 2.51. The van der Waals surface area contributed by atoms with Crippen LogP contribution in [0.1, 0.15) is 30.1 Å². The Morgan fingerprint density at radius 2 is 2.00 bits per heavy atom. The average Bonchev–Trinajstić information content (AvgIpc) is 3.27. The molecule has 1 aromatic carbocycles. The van der Waals surface area contributed by atoms with Crippen LogP contribution in [-0.4, -0.2) is 43.0 Å². The van der Waals surface area contributed by atoms with E-state index < -0.39 is 0 Å². The number of anilines is 1. The van der Waals surface area contributed by atoms with Crippen molar-refractivity contribution in [2.45, 2.75) is 25.7 Å². The van der Waals surface area contributed by atoms with E-state index in [0.29, 0.717) is 5.92 Å². The van der Waals surface area contributed by atoms with Gasteiger partial charge in [-0.25, -0.2) is 19.9 Å². The van der Waals surface area contributed by atoms with Crippen LogP contribution >= 0.6 is 0 Å². The standard InChI is InChI=1S/C18H19N7/c1-11-2-3-13-14(8-11)24-16(23-13)12-4-6-25(7-5-12)18-15-17(20-9-19-15)21-10-22-18/h2-3,8-10,12H,4-7H2,1H3,(H,23,24)(H,19,20,21,22). The lowest BCUT2D eigenvalue weighted by molar-refractivity contribution is 0.488. The predicted octanol–water partition coefficient (Wildman–Crippen LogP) is 2.92. The fourth-order valence-electron chi connectivity index (χ4n) is 3.69. The molecule has 1 aliphatic rings. The summed E-state index contributed by atoms with van der Waals surface area (Å²) in [6, 6.07) is 6.37. The molecule has 5 rings (SSSR count). The second-order valence-corrected chi connectivity index (χ2v) is 6.70. The van der Waals surface area contributed by atoms with Gasteiger partial charge in [-0.05, 0) is 37.5 Å². The largest absolute Gasteiger partial charge is 0.355 e. The molecule has 0 unspecified atom stereocenters.